The Labute approximate surface area is 172 Å². The van der Waals surface area contributed by atoms with E-state index in [0.29, 0.717) is 39.0 Å². The monoisotopic (exact) mass is 425 g/mol. The third-order valence-corrected chi connectivity index (χ3v) is 4.76. The van der Waals surface area contributed by atoms with E-state index >= 15 is 0 Å². The van der Waals surface area contributed by atoms with E-state index in [2.05, 4.69) is 5.32 Å². The molecule has 0 aliphatic carbocycles. The van der Waals surface area contributed by atoms with Crippen LogP contribution in [0, 0.1) is 0 Å². The van der Waals surface area contributed by atoms with Crippen LogP contribution in [0.1, 0.15) is 11.1 Å². The minimum absolute atomic E-state index is 0.360. The number of ether oxygens (including phenoxy) is 1. The Bertz CT molecular complexity index is 856. The van der Waals surface area contributed by atoms with Gasteiger partial charge in [-0.05, 0) is 59.7 Å². The van der Waals surface area contributed by atoms with Crippen molar-refractivity contribution in [1.29, 1.82) is 0 Å². The van der Waals surface area contributed by atoms with Crippen LogP contribution in [0.4, 0.5) is 5.69 Å². The largest absolute Gasteiger partial charge is 0.486 e. The van der Waals surface area contributed by atoms with Crippen molar-refractivity contribution in [3.05, 3.63) is 91.9 Å². The molecular formula is C20H15Cl4NO. The molecule has 0 saturated carbocycles. The molecule has 0 radical (unpaired) electrons. The molecule has 0 bridgehead atoms. The van der Waals surface area contributed by atoms with Gasteiger partial charge in [-0.15, -0.1) is 0 Å². The molecule has 3 rings (SSSR count). The van der Waals surface area contributed by atoms with Crippen molar-refractivity contribution in [3.8, 4) is 5.75 Å². The number of hydrogen-bond donors (Lipinski definition) is 1. The van der Waals surface area contributed by atoms with Crippen LogP contribution in [0.2, 0.25) is 20.1 Å². The van der Waals surface area contributed by atoms with Gasteiger partial charge < -0.3 is 10.1 Å². The Morgan fingerprint density at radius 3 is 1.81 bits per heavy atom. The molecule has 3 aromatic rings. The van der Waals surface area contributed by atoms with Crippen molar-refractivity contribution in [2.24, 2.45) is 0 Å². The lowest BCUT2D eigenvalue weighted by Crippen LogP contribution is -2.01. The fraction of sp³-hybridized carbons (Fsp3) is 0.100. The van der Waals surface area contributed by atoms with Crippen molar-refractivity contribution in [3.63, 3.8) is 0 Å². The summed E-state index contributed by atoms with van der Waals surface area (Å²) in [5.41, 5.74) is 2.90. The fourth-order valence-electron chi connectivity index (χ4n) is 2.36. The van der Waals surface area contributed by atoms with Gasteiger partial charge in [0.05, 0.1) is 10.0 Å². The highest BCUT2D eigenvalue weighted by atomic mass is 35.5. The summed E-state index contributed by atoms with van der Waals surface area (Å²) in [6, 6.07) is 18.6. The smallest absolute Gasteiger partial charge is 0.156 e. The van der Waals surface area contributed by atoms with Crippen LogP contribution in [0.25, 0.3) is 0 Å². The molecule has 0 atom stereocenters. The van der Waals surface area contributed by atoms with Crippen LogP contribution < -0.4 is 10.1 Å². The molecule has 2 nitrogen and oxygen atoms in total. The average molecular weight is 427 g/mol. The van der Waals surface area contributed by atoms with Crippen LogP contribution >= 0.6 is 46.4 Å². The third-order valence-electron chi connectivity index (χ3n) is 3.70. The van der Waals surface area contributed by atoms with Gasteiger partial charge in [-0.1, -0.05) is 58.5 Å². The Kier molecular flexibility index (Phi) is 6.55. The second-order valence-corrected chi connectivity index (χ2v) is 7.35. The maximum atomic E-state index is 6.35. The van der Waals surface area contributed by atoms with Crippen LogP contribution in [0.3, 0.4) is 0 Å². The second kappa shape index (κ2) is 8.88. The van der Waals surface area contributed by atoms with E-state index in [-0.39, 0.29) is 0 Å². The standard InChI is InChI=1S/C20H15Cl4NO/c21-15-3-1-13(2-4-15)12-26-20-18(23)9-14(10-19(20)24)11-25-17-7-5-16(22)6-8-17/h1-10,25H,11-12H2. The zero-order valence-corrected chi connectivity index (χ0v) is 16.6. The first-order valence-electron chi connectivity index (χ1n) is 7.86. The van der Waals surface area contributed by atoms with Gasteiger partial charge in [-0.3, -0.25) is 0 Å². The van der Waals surface area contributed by atoms with Crippen LogP contribution in [-0.2, 0) is 13.2 Å². The average Bonchev–Trinajstić information content (AvgIpc) is 2.62. The molecular weight excluding hydrogens is 412 g/mol. The first kappa shape index (κ1) is 19.2. The molecule has 0 unspecified atom stereocenters. The number of hydrogen-bond acceptors (Lipinski definition) is 2. The highest BCUT2D eigenvalue weighted by molar-refractivity contribution is 6.37. The summed E-state index contributed by atoms with van der Waals surface area (Å²) in [5.74, 6) is 0.471. The van der Waals surface area contributed by atoms with Crippen molar-refractivity contribution in [2.75, 3.05) is 5.32 Å². The lowest BCUT2D eigenvalue weighted by molar-refractivity contribution is 0.306. The van der Waals surface area contributed by atoms with Gasteiger partial charge in [-0.2, -0.15) is 0 Å². The van der Waals surface area contributed by atoms with Crippen molar-refractivity contribution < 1.29 is 4.74 Å². The summed E-state index contributed by atoms with van der Waals surface area (Å²) in [4.78, 5) is 0. The molecule has 0 heterocycles. The predicted octanol–water partition coefficient (Wildman–Crippen LogP) is 7.49. The van der Waals surface area contributed by atoms with Crippen molar-refractivity contribution in [2.45, 2.75) is 13.2 Å². The number of halogens is 4. The van der Waals surface area contributed by atoms with E-state index in [1.807, 2.05) is 60.7 Å². The van der Waals surface area contributed by atoms with Gasteiger partial charge in [-0.25, -0.2) is 0 Å². The van der Waals surface area contributed by atoms with Gasteiger partial charge >= 0.3 is 0 Å². The quantitative estimate of drug-likeness (QED) is 0.440. The molecule has 26 heavy (non-hydrogen) atoms. The third kappa shape index (κ3) is 5.21. The minimum atomic E-state index is 0.360. The van der Waals surface area contributed by atoms with E-state index in [0.717, 1.165) is 16.8 Å². The topological polar surface area (TPSA) is 21.3 Å². The first-order valence-corrected chi connectivity index (χ1v) is 9.37. The molecule has 0 amide bonds. The molecule has 1 N–H and O–H groups in total. The summed E-state index contributed by atoms with van der Waals surface area (Å²) in [6.45, 7) is 0.942. The number of nitrogens with one attached hydrogen (secondary N) is 1. The summed E-state index contributed by atoms with van der Waals surface area (Å²) in [6.07, 6.45) is 0. The maximum Gasteiger partial charge on any atom is 0.156 e. The highest BCUT2D eigenvalue weighted by Crippen LogP contribution is 2.35. The van der Waals surface area contributed by atoms with Crippen LogP contribution in [0.15, 0.2) is 60.7 Å². The van der Waals surface area contributed by atoms with E-state index in [9.17, 15) is 0 Å². The normalized spacial score (nSPS) is 10.6. The Morgan fingerprint density at radius 2 is 1.23 bits per heavy atom. The lowest BCUT2D eigenvalue weighted by Gasteiger charge is -2.13. The van der Waals surface area contributed by atoms with Crippen molar-refractivity contribution in [1.82, 2.24) is 0 Å². The van der Waals surface area contributed by atoms with Crippen molar-refractivity contribution >= 4 is 52.1 Å². The van der Waals surface area contributed by atoms with Gasteiger partial charge in [0, 0.05) is 22.3 Å². The maximum absolute atomic E-state index is 6.35. The Morgan fingerprint density at radius 1 is 0.692 bits per heavy atom. The lowest BCUT2D eigenvalue weighted by atomic mass is 10.2. The summed E-state index contributed by atoms with van der Waals surface area (Å²) in [5, 5.41) is 5.62. The van der Waals surface area contributed by atoms with Gasteiger partial charge in [0.2, 0.25) is 0 Å². The molecule has 0 aliphatic heterocycles. The predicted molar refractivity (Wildman–Crippen MR) is 111 cm³/mol. The summed E-state index contributed by atoms with van der Waals surface area (Å²) < 4.78 is 5.78. The zero-order chi connectivity index (χ0) is 18.5. The first-order chi connectivity index (χ1) is 12.5. The fourth-order valence-corrected chi connectivity index (χ4v) is 3.25. The van der Waals surface area contributed by atoms with Crippen LogP contribution in [-0.4, -0.2) is 0 Å². The molecule has 134 valence electrons. The molecule has 0 aliphatic rings. The second-order valence-electron chi connectivity index (χ2n) is 5.66. The number of benzene rings is 3. The summed E-state index contributed by atoms with van der Waals surface area (Å²) >= 11 is 24.5. The molecule has 0 fully saturated rings. The van der Waals surface area contributed by atoms with E-state index in [1.54, 1.807) is 0 Å². The van der Waals surface area contributed by atoms with E-state index in [1.165, 1.54) is 0 Å². The Balaban J connectivity index is 1.65. The van der Waals surface area contributed by atoms with Crippen LogP contribution in [0.5, 0.6) is 5.75 Å². The van der Waals surface area contributed by atoms with E-state index in [4.69, 9.17) is 51.1 Å². The number of anilines is 1. The number of rotatable bonds is 6. The Hall–Kier alpha value is -1.58. The minimum Gasteiger partial charge on any atom is -0.486 e. The molecule has 6 heteroatoms. The van der Waals surface area contributed by atoms with Gasteiger partial charge in [0.15, 0.2) is 5.75 Å². The van der Waals surface area contributed by atoms with Gasteiger partial charge in [0.1, 0.15) is 6.61 Å². The van der Waals surface area contributed by atoms with E-state index < -0.39 is 0 Å². The molecule has 3 aromatic carbocycles. The molecule has 0 saturated heterocycles. The summed E-state index contributed by atoms with van der Waals surface area (Å²) in [7, 11) is 0. The molecule has 0 spiro atoms. The zero-order valence-electron chi connectivity index (χ0n) is 13.6. The molecule has 0 aromatic heterocycles. The highest BCUT2D eigenvalue weighted by Gasteiger charge is 2.10. The van der Waals surface area contributed by atoms with Gasteiger partial charge in [0.25, 0.3) is 0 Å². The SMILES string of the molecule is Clc1ccc(COc2c(Cl)cc(CNc3ccc(Cl)cc3)cc2Cl)cc1.